The molecule has 1 heterocycles. The minimum atomic E-state index is -3.69. The second kappa shape index (κ2) is 7.70. The number of ketones is 1. The lowest BCUT2D eigenvalue weighted by atomic mass is 10.0. The van der Waals surface area contributed by atoms with E-state index in [2.05, 4.69) is 9.71 Å². The Balaban J connectivity index is 1.53. The van der Waals surface area contributed by atoms with Crippen molar-refractivity contribution in [3.63, 3.8) is 0 Å². The van der Waals surface area contributed by atoms with Crippen molar-refractivity contribution in [1.82, 2.24) is 9.71 Å². The van der Waals surface area contributed by atoms with Crippen LogP contribution in [0.2, 0.25) is 0 Å². The number of carbonyl (C=O) groups excluding carboxylic acids is 2. The molecule has 4 rings (SSSR count). The van der Waals surface area contributed by atoms with E-state index in [4.69, 9.17) is 4.74 Å². The molecule has 0 bridgehead atoms. The van der Waals surface area contributed by atoms with Gasteiger partial charge in [-0.2, -0.15) is 0 Å². The third-order valence-electron chi connectivity index (χ3n) is 5.07. The Morgan fingerprint density at radius 2 is 1.87 bits per heavy atom. The van der Waals surface area contributed by atoms with Gasteiger partial charge in [-0.05, 0) is 51.0 Å². The van der Waals surface area contributed by atoms with Gasteiger partial charge in [0.2, 0.25) is 15.8 Å². The Bertz CT molecular complexity index is 1240. The Morgan fingerprint density at radius 3 is 2.60 bits per heavy atom. The molecule has 1 aliphatic carbocycles. The zero-order chi connectivity index (χ0) is 21.5. The van der Waals surface area contributed by atoms with Gasteiger partial charge in [0.05, 0.1) is 10.5 Å². The number of para-hydroxylation sites is 1. The van der Waals surface area contributed by atoms with Crippen LogP contribution in [-0.2, 0) is 14.8 Å². The largest absolute Gasteiger partial charge is 0.451 e. The fourth-order valence-electron chi connectivity index (χ4n) is 3.36. The topological polar surface area (TPSA) is 105 Å². The quantitative estimate of drug-likeness (QED) is 0.445. The molecule has 8 heteroatoms. The number of hydrogen-bond acceptors (Lipinski definition) is 5. The highest BCUT2D eigenvalue weighted by atomic mass is 32.2. The fraction of sp³-hybridized carbons (Fsp3) is 0.273. The number of benzene rings is 2. The van der Waals surface area contributed by atoms with Crippen molar-refractivity contribution in [1.29, 1.82) is 0 Å². The lowest BCUT2D eigenvalue weighted by Gasteiger charge is -2.13. The molecule has 1 aliphatic rings. The van der Waals surface area contributed by atoms with Crippen LogP contribution < -0.4 is 4.72 Å². The number of nitrogens with one attached hydrogen (secondary N) is 2. The molecule has 1 aromatic heterocycles. The summed E-state index contributed by atoms with van der Waals surface area (Å²) < 4.78 is 32.7. The molecule has 30 heavy (non-hydrogen) atoms. The van der Waals surface area contributed by atoms with Crippen LogP contribution in [0, 0.1) is 6.92 Å². The SMILES string of the molecule is Cc1[nH]c2ccccc2c1C(=O)C(C)OC(=O)c1cccc(S(=O)(=O)NC2CC2)c1. The summed E-state index contributed by atoms with van der Waals surface area (Å²) in [6.45, 7) is 3.31. The van der Waals surface area contributed by atoms with Crippen molar-refractivity contribution in [2.75, 3.05) is 0 Å². The monoisotopic (exact) mass is 426 g/mol. The average Bonchev–Trinajstić information content (AvgIpc) is 3.45. The van der Waals surface area contributed by atoms with Crippen molar-refractivity contribution in [3.05, 3.63) is 65.4 Å². The minimum Gasteiger partial charge on any atom is -0.451 e. The summed E-state index contributed by atoms with van der Waals surface area (Å²) in [6, 6.07) is 13.0. The summed E-state index contributed by atoms with van der Waals surface area (Å²) in [5.74, 6) is -1.07. The molecule has 0 saturated heterocycles. The van der Waals surface area contributed by atoms with E-state index >= 15 is 0 Å². The van der Waals surface area contributed by atoms with Gasteiger partial charge < -0.3 is 9.72 Å². The first-order chi connectivity index (χ1) is 14.3. The molecule has 1 saturated carbocycles. The van der Waals surface area contributed by atoms with E-state index in [1.165, 1.54) is 31.2 Å². The van der Waals surface area contributed by atoms with Crippen LogP contribution in [0.3, 0.4) is 0 Å². The number of H-pyrrole nitrogens is 1. The standard InChI is InChI=1S/C22H22N2O5S/c1-13-20(18-8-3-4-9-19(18)23-13)21(25)14(2)29-22(26)15-6-5-7-17(12-15)30(27,28)24-16-10-11-16/h3-9,12,14,16,23-24H,10-11H2,1-2H3. The lowest BCUT2D eigenvalue weighted by Crippen LogP contribution is -2.27. The van der Waals surface area contributed by atoms with Crippen molar-refractivity contribution < 1.29 is 22.7 Å². The number of rotatable bonds is 7. The third kappa shape index (κ3) is 4.01. The number of hydrogen-bond donors (Lipinski definition) is 2. The van der Waals surface area contributed by atoms with Gasteiger partial charge in [0.15, 0.2) is 6.10 Å². The molecule has 0 aliphatic heterocycles. The van der Waals surface area contributed by atoms with E-state index in [9.17, 15) is 18.0 Å². The van der Waals surface area contributed by atoms with Crippen LogP contribution >= 0.6 is 0 Å². The Hall–Kier alpha value is -2.97. The first kappa shape index (κ1) is 20.3. The zero-order valence-electron chi connectivity index (χ0n) is 16.6. The number of sulfonamides is 1. The van der Waals surface area contributed by atoms with Gasteiger partial charge in [0.25, 0.3) is 0 Å². The Kier molecular flexibility index (Phi) is 5.21. The predicted octanol–water partition coefficient (Wildman–Crippen LogP) is 3.35. The first-order valence-electron chi connectivity index (χ1n) is 9.71. The molecule has 1 fully saturated rings. The number of ether oxygens (including phenoxy) is 1. The second-order valence-corrected chi connectivity index (χ2v) is 9.22. The van der Waals surface area contributed by atoms with Crippen molar-refractivity contribution >= 4 is 32.7 Å². The lowest BCUT2D eigenvalue weighted by molar-refractivity contribution is 0.0319. The van der Waals surface area contributed by atoms with Gasteiger partial charge in [-0.1, -0.05) is 24.3 Å². The molecule has 3 aromatic rings. The maximum atomic E-state index is 13.0. The summed E-state index contributed by atoms with van der Waals surface area (Å²) >= 11 is 0. The number of fused-ring (bicyclic) bond motifs is 1. The van der Waals surface area contributed by atoms with E-state index in [-0.39, 0.29) is 22.3 Å². The maximum Gasteiger partial charge on any atom is 0.338 e. The number of carbonyl (C=O) groups is 2. The highest BCUT2D eigenvalue weighted by molar-refractivity contribution is 7.89. The smallest absolute Gasteiger partial charge is 0.338 e. The van der Waals surface area contributed by atoms with Crippen molar-refractivity contribution in [2.45, 2.75) is 43.7 Å². The van der Waals surface area contributed by atoms with Crippen molar-refractivity contribution in [3.8, 4) is 0 Å². The molecule has 0 amide bonds. The number of aromatic nitrogens is 1. The van der Waals surface area contributed by atoms with Gasteiger partial charge in [0, 0.05) is 28.2 Å². The number of aryl methyl sites for hydroxylation is 1. The number of Topliss-reactive ketones (excluding diaryl/α,β-unsaturated/α-hetero) is 1. The van der Waals surface area contributed by atoms with E-state index < -0.39 is 22.1 Å². The van der Waals surface area contributed by atoms with Gasteiger partial charge in [0.1, 0.15) is 0 Å². The Morgan fingerprint density at radius 1 is 1.13 bits per heavy atom. The molecular formula is C22H22N2O5S. The molecule has 7 nitrogen and oxygen atoms in total. The van der Waals surface area contributed by atoms with E-state index in [1.807, 2.05) is 24.3 Å². The minimum absolute atomic E-state index is 0.00435. The first-order valence-corrected chi connectivity index (χ1v) is 11.2. The summed E-state index contributed by atoms with van der Waals surface area (Å²) in [5, 5.41) is 0.766. The van der Waals surface area contributed by atoms with E-state index in [0.29, 0.717) is 11.3 Å². The summed E-state index contributed by atoms with van der Waals surface area (Å²) in [4.78, 5) is 28.7. The summed E-state index contributed by atoms with van der Waals surface area (Å²) in [5.41, 5.74) is 2.08. The molecule has 1 atom stereocenters. The van der Waals surface area contributed by atoms with Crippen LogP contribution in [0.1, 0.15) is 46.2 Å². The van der Waals surface area contributed by atoms with E-state index in [0.717, 1.165) is 23.7 Å². The van der Waals surface area contributed by atoms with Gasteiger partial charge in [-0.25, -0.2) is 17.9 Å². The van der Waals surface area contributed by atoms with Gasteiger partial charge in [-0.3, -0.25) is 4.79 Å². The van der Waals surface area contributed by atoms with Crippen LogP contribution in [0.15, 0.2) is 53.4 Å². The van der Waals surface area contributed by atoms with Crippen LogP contribution in [0.25, 0.3) is 10.9 Å². The number of aromatic amines is 1. The molecular weight excluding hydrogens is 404 g/mol. The van der Waals surface area contributed by atoms with Gasteiger partial charge in [-0.15, -0.1) is 0 Å². The third-order valence-corrected chi connectivity index (χ3v) is 6.59. The predicted molar refractivity (Wildman–Crippen MR) is 112 cm³/mol. The average molecular weight is 426 g/mol. The number of esters is 1. The molecule has 1 unspecified atom stereocenters. The fourth-order valence-corrected chi connectivity index (χ4v) is 4.71. The highest BCUT2D eigenvalue weighted by Gasteiger charge is 2.29. The normalized spacial score (nSPS) is 15.1. The molecule has 0 spiro atoms. The molecule has 2 N–H and O–H groups in total. The van der Waals surface area contributed by atoms with Crippen molar-refractivity contribution in [2.24, 2.45) is 0 Å². The van der Waals surface area contributed by atoms with Gasteiger partial charge >= 0.3 is 5.97 Å². The molecule has 156 valence electrons. The Labute approximate surface area is 174 Å². The molecule has 0 radical (unpaired) electrons. The highest BCUT2D eigenvalue weighted by Crippen LogP contribution is 2.25. The summed E-state index contributed by atoms with van der Waals surface area (Å²) in [7, 11) is -3.69. The van der Waals surface area contributed by atoms with Crippen LogP contribution in [0.4, 0.5) is 0 Å². The van der Waals surface area contributed by atoms with E-state index in [1.54, 1.807) is 6.92 Å². The zero-order valence-corrected chi connectivity index (χ0v) is 17.5. The second-order valence-electron chi connectivity index (χ2n) is 7.51. The maximum absolute atomic E-state index is 13.0. The van der Waals surface area contributed by atoms with Crippen LogP contribution in [-0.4, -0.2) is 37.3 Å². The summed E-state index contributed by atoms with van der Waals surface area (Å²) in [6.07, 6.45) is 0.599. The van der Waals surface area contributed by atoms with Crippen LogP contribution in [0.5, 0.6) is 0 Å². The molecule has 2 aromatic carbocycles.